The molecule has 132 valence electrons. The van der Waals surface area contributed by atoms with Gasteiger partial charge in [0.05, 0.1) is 6.42 Å². The molecule has 0 aromatic heterocycles. The highest BCUT2D eigenvalue weighted by Crippen LogP contribution is 2.21. The summed E-state index contributed by atoms with van der Waals surface area (Å²) >= 11 is 0. The molecule has 0 aliphatic carbocycles. The van der Waals surface area contributed by atoms with E-state index in [1.807, 2.05) is 60.7 Å². The SMILES string of the molecule is O=C(Cc1cccc2ccccc12)OCc1ccc(-c2ccccc2)cc1. The lowest BCUT2D eigenvalue weighted by molar-refractivity contribution is -0.144. The topological polar surface area (TPSA) is 26.3 Å². The van der Waals surface area contributed by atoms with Gasteiger partial charge in [0.1, 0.15) is 6.61 Å². The monoisotopic (exact) mass is 352 g/mol. The van der Waals surface area contributed by atoms with Crippen LogP contribution in [0.1, 0.15) is 11.1 Å². The highest BCUT2D eigenvalue weighted by Gasteiger charge is 2.08. The summed E-state index contributed by atoms with van der Waals surface area (Å²) in [5.74, 6) is -0.210. The predicted octanol–water partition coefficient (Wildman–Crippen LogP) is 5.79. The Kier molecular flexibility index (Phi) is 4.97. The van der Waals surface area contributed by atoms with Crippen molar-refractivity contribution in [2.24, 2.45) is 0 Å². The molecule has 0 amide bonds. The lowest BCUT2D eigenvalue weighted by Crippen LogP contribution is -2.08. The first-order valence-corrected chi connectivity index (χ1v) is 9.06. The van der Waals surface area contributed by atoms with Gasteiger partial charge < -0.3 is 4.74 Å². The van der Waals surface area contributed by atoms with E-state index in [1.54, 1.807) is 0 Å². The first-order chi connectivity index (χ1) is 13.3. The Morgan fingerprint density at radius 2 is 1.33 bits per heavy atom. The van der Waals surface area contributed by atoms with Crippen LogP contribution in [0.3, 0.4) is 0 Å². The van der Waals surface area contributed by atoms with Crippen molar-refractivity contribution in [3.8, 4) is 11.1 Å². The second-order valence-corrected chi connectivity index (χ2v) is 6.54. The third-order valence-electron chi connectivity index (χ3n) is 4.68. The number of fused-ring (bicyclic) bond motifs is 1. The van der Waals surface area contributed by atoms with Gasteiger partial charge in [-0.2, -0.15) is 0 Å². The molecule has 0 aliphatic heterocycles. The minimum atomic E-state index is -0.210. The standard InChI is InChI=1S/C25H20O2/c26-25(17-23-11-6-10-22-9-4-5-12-24(22)23)27-18-19-13-15-21(16-14-19)20-7-2-1-3-8-20/h1-16H,17-18H2. The molecule has 0 fully saturated rings. The second kappa shape index (κ2) is 7.88. The van der Waals surface area contributed by atoms with Crippen LogP contribution < -0.4 is 0 Å². The lowest BCUT2D eigenvalue weighted by Gasteiger charge is -2.08. The van der Waals surface area contributed by atoms with Crippen molar-refractivity contribution >= 4 is 16.7 Å². The zero-order valence-corrected chi connectivity index (χ0v) is 15.0. The van der Waals surface area contributed by atoms with Gasteiger partial charge in [-0.3, -0.25) is 4.79 Å². The molecule has 0 N–H and O–H groups in total. The molecule has 4 aromatic carbocycles. The third-order valence-corrected chi connectivity index (χ3v) is 4.68. The van der Waals surface area contributed by atoms with E-state index in [0.717, 1.165) is 27.5 Å². The van der Waals surface area contributed by atoms with E-state index >= 15 is 0 Å². The predicted molar refractivity (Wildman–Crippen MR) is 109 cm³/mol. The number of hydrogen-bond donors (Lipinski definition) is 0. The summed E-state index contributed by atoms with van der Waals surface area (Å²) in [6.07, 6.45) is 0.281. The van der Waals surface area contributed by atoms with Gasteiger partial charge in [0, 0.05) is 0 Å². The Morgan fingerprint density at radius 3 is 2.15 bits per heavy atom. The molecule has 0 saturated heterocycles. The Bertz CT molecular complexity index is 1050. The molecule has 0 atom stereocenters. The molecule has 0 spiro atoms. The van der Waals surface area contributed by atoms with Crippen molar-refractivity contribution in [2.75, 3.05) is 0 Å². The molecule has 0 aliphatic rings. The van der Waals surface area contributed by atoms with Crippen LogP contribution in [0, 0.1) is 0 Å². The van der Waals surface area contributed by atoms with E-state index in [1.165, 1.54) is 5.56 Å². The van der Waals surface area contributed by atoms with E-state index in [9.17, 15) is 4.79 Å². The number of hydrogen-bond acceptors (Lipinski definition) is 2. The molecule has 0 heterocycles. The highest BCUT2D eigenvalue weighted by atomic mass is 16.5. The van der Waals surface area contributed by atoms with Gasteiger partial charge in [-0.25, -0.2) is 0 Å². The first kappa shape index (κ1) is 17.0. The van der Waals surface area contributed by atoms with E-state index in [0.29, 0.717) is 6.61 Å². The summed E-state index contributed by atoms with van der Waals surface area (Å²) in [6.45, 7) is 0.290. The Balaban J connectivity index is 1.39. The summed E-state index contributed by atoms with van der Waals surface area (Å²) in [6, 6.07) is 32.5. The fourth-order valence-corrected chi connectivity index (χ4v) is 3.24. The summed E-state index contributed by atoms with van der Waals surface area (Å²) < 4.78 is 5.49. The lowest BCUT2D eigenvalue weighted by atomic mass is 10.0. The molecule has 27 heavy (non-hydrogen) atoms. The Morgan fingerprint density at radius 1 is 0.667 bits per heavy atom. The van der Waals surface area contributed by atoms with Crippen LogP contribution in [0.25, 0.3) is 21.9 Å². The number of carbonyl (C=O) groups is 1. The summed E-state index contributed by atoms with van der Waals surface area (Å²) in [7, 11) is 0. The number of ether oxygens (including phenoxy) is 1. The maximum Gasteiger partial charge on any atom is 0.310 e. The molecule has 4 aromatic rings. The van der Waals surface area contributed by atoms with Crippen molar-refractivity contribution in [3.05, 3.63) is 108 Å². The van der Waals surface area contributed by atoms with Crippen molar-refractivity contribution in [1.82, 2.24) is 0 Å². The quantitative estimate of drug-likeness (QED) is 0.425. The summed E-state index contributed by atoms with van der Waals surface area (Å²) in [4.78, 5) is 12.3. The van der Waals surface area contributed by atoms with Crippen LogP contribution in [-0.4, -0.2) is 5.97 Å². The van der Waals surface area contributed by atoms with Gasteiger partial charge in [0.2, 0.25) is 0 Å². The fraction of sp³-hybridized carbons (Fsp3) is 0.0800. The van der Waals surface area contributed by atoms with Crippen LogP contribution in [0.4, 0.5) is 0 Å². The number of benzene rings is 4. The minimum absolute atomic E-state index is 0.210. The van der Waals surface area contributed by atoms with E-state index in [2.05, 4.69) is 36.4 Å². The third kappa shape index (κ3) is 4.06. The molecule has 0 saturated carbocycles. The zero-order chi connectivity index (χ0) is 18.5. The zero-order valence-electron chi connectivity index (χ0n) is 15.0. The summed E-state index contributed by atoms with van der Waals surface area (Å²) in [5.41, 5.74) is 4.32. The molecule has 2 nitrogen and oxygen atoms in total. The van der Waals surface area contributed by atoms with Gasteiger partial charge in [-0.15, -0.1) is 0 Å². The molecular formula is C25H20O2. The van der Waals surface area contributed by atoms with Crippen LogP contribution in [0.15, 0.2) is 97.1 Å². The Labute approximate surface area is 159 Å². The minimum Gasteiger partial charge on any atom is -0.461 e. The maximum atomic E-state index is 12.3. The van der Waals surface area contributed by atoms with E-state index in [4.69, 9.17) is 4.74 Å². The molecule has 4 rings (SSSR count). The van der Waals surface area contributed by atoms with Crippen LogP contribution in [0.5, 0.6) is 0 Å². The number of rotatable bonds is 5. The van der Waals surface area contributed by atoms with Crippen molar-refractivity contribution in [2.45, 2.75) is 13.0 Å². The van der Waals surface area contributed by atoms with Gasteiger partial charge in [0.15, 0.2) is 0 Å². The fourth-order valence-electron chi connectivity index (χ4n) is 3.24. The average Bonchev–Trinajstić information content (AvgIpc) is 2.74. The molecular weight excluding hydrogens is 332 g/mol. The average molecular weight is 352 g/mol. The van der Waals surface area contributed by atoms with Gasteiger partial charge in [-0.05, 0) is 33.0 Å². The van der Waals surface area contributed by atoms with Crippen molar-refractivity contribution in [3.63, 3.8) is 0 Å². The summed E-state index contributed by atoms with van der Waals surface area (Å²) in [5, 5.41) is 2.24. The van der Waals surface area contributed by atoms with Crippen LogP contribution >= 0.6 is 0 Å². The second-order valence-electron chi connectivity index (χ2n) is 6.54. The van der Waals surface area contributed by atoms with Crippen LogP contribution in [0.2, 0.25) is 0 Å². The van der Waals surface area contributed by atoms with E-state index in [-0.39, 0.29) is 12.4 Å². The molecule has 0 unspecified atom stereocenters. The van der Waals surface area contributed by atoms with E-state index < -0.39 is 0 Å². The highest BCUT2D eigenvalue weighted by molar-refractivity contribution is 5.89. The van der Waals surface area contributed by atoms with Gasteiger partial charge >= 0.3 is 5.97 Å². The number of carbonyl (C=O) groups excluding carboxylic acids is 1. The van der Waals surface area contributed by atoms with Gasteiger partial charge in [-0.1, -0.05) is 97.1 Å². The molecule has 0 radical (unpaired) electrons. The Hall–Kier alpha value is -3.39. The number of esters is 1. The van der Waals surface area contributed by atoms with Crippen molar-refractivity contribution < 1.29 is 9.53 Å². The molecule has 0 bridgehead atoms. The van der Waals surface area contributed by atoms with Crippen molar-refractivity contribution in [1.29, 1.82) is 0 Å². The normalized spacial score (nSPS) is 10.7. The van der Waals surface area contributed by atoms with Gasteiger partial charge in [0.25, 0.3) is 0 Å². The smallest absolute Gasteiger partial charge is 0.310 e. The molecule has 2 heteroatoms. The first-order valence-electron chi connectivity index (χ1n) is 9.06. The van der Waals surface area contributed by atoms with Crippen LogP contribution in [-0.2, 0) is 22.6 Å². The largest absolute Gasteiger partial charge is 0.461 e. The maximum absolute atomic E-state index is 12.3.